The van der Waals surface area contributed by atoms with Crippen molar-refractivity contribution in [1.82, 2.24) is 24.6 Å². The Hall–Kier alpha value is -3.52. The molecule has 1 atom stereocenters. The third kappa shape index (κ3) is 5.33. The number of benzene rings is 1. The molecule has 0 bridgehead atoms. The van der Waals surface area contributed by atoms with Gasteiger partial charge in [0.15, 0.2) is 11.6 Å². The van der Waals surface area contributed by atoms with Crippen LogP contribution in [0.1, 0.15) is 24.2 Å². The van der Waals surface area contributed by atoms with Crippen LogP contribution in [0.2, 0.25) is 0 Å². The van der Waals surface area contributed by atoms with Crippen LogP contribution in [0, 0.1) is 11.6 Å². The average molecular weight is 527 g/mol. The summed E-state index contributed by atoms with van der Waals surface area (Å²) in [6.07, 6.45) is -1.77. The maximum absolute atomic E-state index is 13.6. The highest BCUT2D eigenvalue weighted by atomic mass is 32.2. The highest BCUT2D eigenvalue weighted by Crippen LogP contribution is 2.29. The number of alkyl halides is 3. The molecule has 0 spiro atoms. The predicted octanol–water partition coefficient (Wildman–Crippen LogP) is 3.31. The first-order valence-electron chi connectivity index (χ1n) is 10.6. The maximum Gasteiger partial charge on any atom is 0.433 e. The number of rotatable bonds is 6. The van der Waals surface area contributed by atoms with Crippen molar-refractivity contribution in [2.45, 2.75) is 36.5 Å². The number of hydrogen-bond acceptors (Lipinski definition) is 6. The number of carbonyl (C=O) groups excluding carboxylic acids is 1. The van der Waals surface area contributed by atoms with Crippen LogP contribution in [-0.4, -0.2) is 46.2 Å². The fraction of sp³-hybridized carbons (Fsp3) is 0.273. The number of carbonyl (C=O) groups is 1. The minimum Gasteiger partial charge on any atom is -0.349 e. The molecule has 14 heteroatoms. The molecule has 1 aliphatic heterocycles. The Labute approximate surface area is 202 Å². The highest BCUT2D eigenvalue weighted by Gasteiger charge is 2.39. The van der Waals surface area contributed by atoms with Gasteiger partial charge >= 0.3 is 6.18 Å². The second kappa shape index (κ2) is 9.85. The molecular weight excluding hydrogens is 509 g/mol. The van der Waals surface area contributed by atoms with Gasteiger partial charge in [-0.2, -0.15) is 17.5 Å². The van der Waals surface area contributed by atoms with Crippen molar-refractivity contribution in [2.24, 2.45) is 0 Å². The van der Waals surface area contributed by atoms with Crippen LogP contribution in [0.5, 0.6) is 0 Å². The number of hydrogen-bond donors (Lipinski definition) is 1. The molecule has 1 amide bonds. The first-order valence-corrected chi connectivity index (χ1v) is 12.0. The van der Waals surface area contributed by atoms with Gasteiger partial charge in [-0.15, -0.1) is 0 Å². The summed E-state index contributed by atoms with van der Waals surface area (Å²) in [5.41, 5.74) is -0.148. The molecule has 0 aliphatic carbocycles. The Kier molecular flexibility index (Phi) is 7.00. The molecule has 36 heavy (non-hydrogen) atoms. The van der Waals surface area contributed by atoms with E-state index in [9.17, 15) is 35.2 Å². The summed E-state index contributed by atoms with van der Waals surface area (Å²) in [6.45, 7) is -0.0873. The molecule has 1 saturated heterocycles. The van der Waals surface area contributed by atoms with E-state index < -0.39 is 50.4 Å². The van der Waals surface area contributed by atoms with Gasteiger partial charge in [-0.25, -0.2) is 27.2 Å². The zero-order chi connectivity index (χ0) is 26.1. The molecule has 3 aromatic rings. The molecular formula is C22H18F5N5O3S. The lowest BCUT2D eigenvalue weighted by Crippen LogP contribution is -2.45. The molecule has 1 aromatic carbocycles. The molecule has 0 radical (unpaired) electrons. The van der Waals surface area contributed by atoms with Crippen LogP contribution in [0.15, 0.2) is 53.8 Å². The number of aromatic nitrogens is 3. The fourth-order valence-electron chi connectivity index (χ4n) is 3.72. The van der Waals surface area contributed by atoms with Crippen molar-refractivity contribution in [3.05, 3.63) is 71.9 Å². The number of sulfonamides is 1. The number of pyridine rings is 1. The van der Waals surface area contributed by atoms with Gasteiger partial charge < -0.3 is 5.32 Å². The fourth-order valence-corrected chi connectivity index (χ4v) is 5.39. The van der Waals surface area contributed by atoms with Gasteiger partial charge in [-0.1, -0.05) is 0 Å². The smallest absolute Gasteiger partial charge is 0.349 e. The Bertz CT molecular complexity index is 1380. The van der Waals surface area contributed by atoms with Gasteiger partial charge in [-0.3, -0.25) is 9.78 Å². The SMILES string of the molecule is O=C(NCc1cc(-c2ccc(C(F)(F)F)nc2)ncn1)[C@@H]1CCCN1S(=O)(=O)c1ccc(F)c(F)c1. The summed E-state index contributed by atoms with van der Waals surface area (Å²) < 4.78 is 91.8. The number of amides is 1. The van der Waals surface area contributed by atoms with Gasteiger partial charge in [0.1, 0.15) is 18.1 Å². The standard InChI is InChI=1S/C22H18F5N5O3S/c23-16-5-4-15(9-17(16)24)36(34,35)32-7-1-2-19(32)21(33)29-11-14-8-18(31-12-30-14)13-3-6-20(28-10-13)22(25,26)27/h3-6,8-10,12,19H,1-2,7,11H2,(H,29,33)/t19-/m0/s1. The predicted molar refractivity (Wildman–Crippen MR) is 115 cm³/mol. The lowest BCUT2D eigenvalue weighted by atomic mass is 10.1. The van der Waals surface area contributed by atoms with E-state index in [1.54, 1.807) is 0 Å². The number of nitrogens with zero attached hydrogens (tertiary/aromatic N) is 4. The van der Waals surface area contributed by atoms with Gasteiger partial charge in [0.25, 0.3) is 0 Å². The average Bonchev–Trinajstić information content (AvgIpc) is 3.35. The third-order valence-electron chi connectivity index (χ3n) is 5.52. The lowest BCUT2D eigenvalue weighted by Gasteiger charge is -2.23. The molecule has 3 heterocycles. The van der Waals surface area contributed by atoms with Crippen LogP contribution in [0.25, 0.3) is 11.3 Å². The van der Waals surface area contributed by atoms with Crippen LogP contribution >= 0.6 is 0 Å². The van der Waals surface area contributed by atoms with Crippen molar-refractivity contribution >= 4 is 15.9 Å². The van der Waals surface area contributed by atoms with Gasteiger partial charge in [0.2, 0.25) is 15.9 Å². The van der Waals surface area contributed by atoms with Crippen LogP contribution in [0.4, 0.5) is 22.0 Å². The second-order valence-corrected chi connectivity index (χ2v) is 9.78. The van der Waals surface area contributed by atoms with Crippen LogP contribution in [0.3, 0.4) is 0 Å². The summed E-state index contributed by atoms with van der Waals surface area (Å²) in [5, 5.41) is 2.59. The zero-order valence-corrected chi connectivity index (χ0v) is 19.2. The summed E-state index contributed by atoms with van der Waals surface area (Å²) in [7, 11) is -4.26. The molecule has 4 rings (SSSR count). The first kappa shape index (κ1) is 25.6. The van der Waals surface area contributed by atoms with Crippen molar-refractivity contribution in [3.8, 4) is 11.3 Å². The van der Waals surface area contributed by atoms with Crippen molar-refractivity contribution in [3.63, 3.8) is 0 Å². The van der Waals surface area contributed by atoms with E-state index in [1.165, 1.54) is 18.5 Å². The van der Waals surface area contributed by atoms with Gasteiger partial charge in [-0.05, 0) is 49.2 Å². The van der Waals surface area contributed by atoms with Crippen LogP contribution < -0.4 is 5.32 Å². The maximum atomic E-state index is 13.6. The third-order valence-corrected chi connectivity index (χ3v) is 7.43. The molecule has 1 N–H and O–H groups in total. The largest absolute Gasteiger partial charge is 0.433 e. The number of nitrogens with one attached hydrogen (secondary N) is 1. The number of halogens is 5. The molecule has 0 unspecified atom stereocenters. The summed E-state index contributed by atoms with van der Waals surface area (Å²) in [6, 6.07) is 4.61. The van der Waals surface area contributed by atoms with Gasteiger partial charge in [0, 0.05) is 18.3 Å². The van der Waals surface area contributed by atoms with Crippen molar-refractivity contribution < 1.29 is 35.2 Å². The van der Waals surface area contributed by atoms with E-state index in [1.807, 2.05) is 0 Å². The molecule has 1 fully saturated rings. The molecule has 8 nitrogen and oxygen atoms in total. The Morgan fingerprint density at radius 3 is 2.50 bits per heavy atom. The van der Waals surface area contributed by atoms with E-state index in [0.717, 1.165) is 22.6 Å². The molecule has 2 aromatic heterocycles. The lowest BCUT2D eigenvalue weighted by molar-refractivity contribution is -0.141. The first-order chi connectivity index (χ1) is 17.0. The van der Waals surface area contributed by atoms with E-state index >= 15 is 0 Å². The van der Waals surface area contributed by atoms with Crippen LogP contribution in [-0.2, 0) is 27.5 Å². The van der Waals surface area contributed by atoms with E-state index in [-0.39, 0.29) is 25.2 Å². The quantitative estimate of drug-likeness (QED) is 0.494. The topological polar surface area (TPSA) is 105 Å². The molecule has 1 aliphatic rings. The second-order valence-electron chi connectivity index (χ2n) is 7.89. The van der Waals surface area contributed by atoms with Crippen molar-refractivity contribution in [2.75, 3.05) is 6.54 Å². The normalized spacial score (nSPS) is 16.8. The zero-order valence-electron chi connectivity index (χ0n) is 18.3. The molecule has 190 valence electrons. The van der Waals surface area contributed by atoms with Crippen molar-refractivity contribution in [1.29, 1.82) is 0 Å². The van der Waals surface area contributed by atoms with E-state index in [2.05, 4.69) is 20.3 Å². The monoisotopic (exact) mass is 527 g/mol. The van der Waals surface area contributed by atoms with E-state index in [0.29, 0.717) is 29.8 Å². The van der Waals surface area contributed by atoms with E-state index in [4.69, 9.17) is 0 Å². The Balaban J connectivity index is 1.45. The summed E-state index contributed by atoms with van der Waals surface area (Å²) >= 11 is 0. The highest BCUT2D eigenvalue weighted by molar-refractivity contribution is 7.89. The Morgan fingerprint density at radius 1 is 1.06 bits per heavy atom. The minimum atomic E-state index is -4.58. The molecule has 0 saturated carbocycles. The minimum absolute atomic E-state index is 0.0258. The van der Waals surface area contributed by atoms with Gasteiger partial charge in [0.05, 0.1) is 22.8 Å². The summed E-state index contributed by atoms with van der Waals surface area (Å²) in [4.78, 5) is 23.8. The Morgan fingerprint density at radius 2 is 1.83 bits per heavy atom. The summed E-state index contributed by atoms with van der Waals surface area (Å²) in [5.74, 6) is -3.13.